The molecular weight excluding hydrogens is 374 g/mol. The highest BCUT2D eigenvalue weighted by atomic mass is 35.5. The van der Waals surface area contributed by atoms with Crippen LogP contribution in [0.3, 0.4) is 0 Å². The van der Waals surface area contributed by atoms with Gasteiger partial charge in [-0.1, -0.05) is 60.1 Å². The van der Waals surface area contributed by atoms with Gasteiger partial charge in [0.2, 0.25) is 5.96 Å². The highest BCUT2D eigenvalue weighted by Gasteiger charge is 2.16. The predicted molar refractivity (Wildman–Crippen MR) is 114 cm³/mol. The molecule has 0 unspecified atom stereocenters. The van der Waals surface area contributed by atoms with Crippen LogP contribution in [0.4, 0.5) is 5.69 Å². The molecule has 5 N–H and O–H groups in total. The van der Waals surface area contributed by atoms with E-state index in [4.69, 9.17) is 23.1 Å². The first kappa shape index (κ1) is 19.1. The molecule has 3 aromatic rings. The van der Waals surface area contributed by atoms with Crippen LogP contribution in [0.15, 0.2) is 89.1 Å². The first-order chi connectivity index (χ1) is 13.5. The number of carbonyl (C=O) groups is 1. The lowest BCUT2D eigenvalue weighted by Crippen LogP contribution is -2.22. The standard InChI is InChI=1S/C21H18ClN5O/c22-16-11-12-18(25-20(28)15-9-5-2-6-10-15)17(13-16)19(26-27-21(23)24)14-7-3-1-4-8-14/h1-13H,(H,25,28)(H4,23,24,27)/b26-19+. The minimum absolute atomic E-state index is 0.176. The third kappa shape index (κ3) is 4.75. The third-order valence-electron chi connectivity index (χ3n) is 3.83. The van der Waals surface area contributed by atoms with Crippen molar-refractivity contribution in [2.24, 2.45) is 21.7 Å². The molecule has 0 spiro atoms. The molecule has 6 nitrogen and oxygen atoms in total. The van der Waals surface area contributed by atoms with Crippen LogP contribution in [0.2, 0.25) is 5.02 Å². The maximum atomic E-state index is 12.6. The molecule has 140 valence electrons. The van der Waals surface area contributed by atoms with Gasteiger partial charge in [0, 0.05) is 21.7 Å². The quantitative estimate of drug-likeness (QED) is 0.351. The summed E-state index contributed by atoms with van der Waals surface area (Å²) in [6.07, 6.45) is 0. The van der Waals surface area contributed by atoms with E-state index in [1.54, 1.807) is 42.5 Å². The molecule has 0 fully saturated rings. The van der Waals surface area contributed by atoms with Gasteiger partial charge in [-0.2, -0.15) is 0 Å². The average molecular weight is 392 g/mol. The molecule has 1 amide bonds. The lowest BCUT2D eigenvalue weighted by atomic mass is 10.0. The Labute approximate surface area is 167 Å². The second-order valence-electron chi connectivity index (χ2n) is 5.85. The van der Waals surface area contributed by atoms with Crippen molar-refractivity contribution >= 4 is 34.9 Å². The van der Waals surface area contributed by atoms with Gasteiger partial charge >= 0.3 is 0 Å². The number of rotatable bonds is 5. The maximum Gasteiger partial charge on any atom is 0.255 e. The van der Waals surface area contributed by atoms with Crippen molar-refractivity contribution in [2.75, 3.05) is 5.32 Å². The monoisotopic (exact) mass is 391 g/mol. The number of nitrogens with zero attached hydrogens (tertiary/aromatic N) is 2. The Balaban J connectivity index is 2.08. The summed E-state index contributed by atoms with van der Waals surface area (Å²) in [5.74, 6) is -0.427. The van der Waals surface area contributed by atoms with Crippen molar-refractivity contribution in [1.29, 1.82) is 0 Å². The summed E-state index contributed by atoms with van der Waals surface area (Å²) in [5, 5.41) is 11.4. The fourth-order valence-electron chi connectivity index (χ4n) is 2.58. The van der Waals surface area contributed by atoms with Gasteiger partial charge in [-0.25, -0.2) is 0 Å². The number of carbonyl (C=O) groups excluding carboxylic acids is 1. The minimum atomic E-state index is -0.251. The first-order valence-electron chi connectivity index (χ1n) is 8.43. The van der Waals surface area contributed by atoms with E-state index in [1.807, 2.05) is 36.4 Å². The largest absolute Gasteiger partial charge is 0.369 e. The second-order valence-corrected chi connectivity index (χ2v) is 6.29. The number of halogens is 1. The van der Waals surface area contributed by atoms with Crippen molar-refractivity contribution in [3.63, 3.8) is 0 Å². The van der Waals surface area contributed by atoms with E-state index in [1.165, 1.54) is 0 Å². The Morgan fingerprint density at radius 3 is 2.04 bits per heavy atom. The van der Waals surface area contributed by atoms with Gasteiger partial charge < -0.3 is 16.8 Å². The van der Waals surface area contributed by atoms with Gasteiger partial charge in [-0.3, -0.25) is 4.79 Å². The first-order valence-corrected chi connectivity index (χ1v) is 8.81. The minimum Gasteiger partial charge on any atom is -0.369 e. The molecule has 0 aliphatic heterocycles. The summed E-state index contributed by atoms with van der Waals surface area (Å²) in [6.45, 7) is 0. The van der Waals surface area contributed by atoms with Gasteiger partial charge in [-0.15, -0.1) is 10.2 Å². The number of nitrogens with one attached hydrogen (secondary N) is 1. The van der Waals surface area contributed by atoms with Crippen LogP contribution in [-0.4, -0.2) is 17.6 Å². The van der Waals surface area contributed by atoms with E-state index >= 15 is 0 Å². The Hall–Kier alpha value is -3.64. The molecule has 0 bridgehead atoms. The Morgan fingerprint density at radius 1 is 0.821 bits per heavy atom. The van der Waals surface area contributed by atoms with Crippen molar-refractivity contribution in [3.05, 3.63) is 101 Å². The van der Waals surface area contributed by atoms with Crippen molar-refractivity contribution in [1.82, 2.24) is 0 Å². The molecule has 0 aromatic heterocycles. The molecule has 3 aromatic carbocycles. The zero-order chi connectivity index (χ0) is 19.9. The fourth-order valence-corrected chi connectivity index (χ4v) is 2.75. The molecule has 0 aliphatic carbocycles. The molecule has 0 atom stereocenters. The molecule has 0 saturated heterocycles. The molecule has 0 radical (unpaired) electrons. The molecular formula is C21H18ClN5O. The summed E-state index contributed by atoms with van der Waals surface area (Å²) in [4.78, 5) is 12.6. The van der Waals surface area contributed by atoms with Gasteiger partial charge in [-0.05, 0) is 30.3 Å². The second kappa shape index (κ2) is 8.83. The summed E-state index contributed by atoms with van der Waals surface area (Å²) < 4.78 is 0. The van der Waals surface area contributed by atoms with Crippen LogP contribution in [0.5, 0.6) is 0 Å². The Morgan fingerprint density at radius 2 is 1.43 bits per heavy atom. The molecule has 0 aliphatic rings. The van der Waals surface area contributed by atoms with E-state index in [0.29, 0.717) is 27.5 Å². The predicted octanol–water partition coefficient (Wildman–Crippen LogP) is 3.62. The summed E-state index contributed by atoms with van der Waals surface area (Å²) in [6, 6.07) is 23.4. The molecule has 0 heterocycles. The van der Waals surface area contributed by atoms with Gasteiger partial charge in [0.1, 0.15) is 5.71 Å². The van der Waals surface area contributed by atoms with Crippen LogP contribution in [0.25, 0.3) is 0 Å². The van der Waals surface area contributed by atoms with E-state index in [-0.39, 0.29) is 11.9 Å². The molecule has 28 heavy (non-hydrogen) atoms. The number of nitrogens with two attached hydrogens (primary N) is 2. The fraction of sp³-hybridized carbons (Fsp3) is 0. The summed E-state index contributed by atoms with van der Waals surface area (Å²) in [7, 11) is 0. The number of guanidine groups is 1. The van der Waals surface area contributed by atoms with Crippen molar-refractivity contribution < 1.29 is 4.79 Å². The number of anilines is 1. The van der Waals surface area contributed by atoms with Crippen LogP contribution < -0.4 is 16.8 Å². The molecule has 3 rings (SSSR count). The normalized spacial score (nSPS) is 11.0. The number of hydrogen-bond acceptors (Lipinski definition) is 3. The van der Waals surface area contributed by atoms with Gasteiger partial charge in [0.25, 0.3) is 5.91 Å². The Bertz CT molecular complexity index is 1030. The van der Waals surface area contributed by atoms with Crippen molar-refractivity contribution in [2.45, 2.75) is 0 Å². The van der Waals surface area contributed by atoms with E-state index in [2.05, 4.69) is 15.5 Å². The molecule has 7 heteroatoms. The van der Waals surface area contributed by atoms with Crippen LogP contribution in [-0.2, 0) is 0 Å². The topological polar surface area (TPSA) is 106 Å². The van der Waals surface area contributed by atoms with Gasteiger partial charge in [0.05, 0.1) is 5.69 Å². The lowest BCUT2D eigenvalue weighted by molar-refractivity contribution is 0.102. The van der Waals surface area contributed by atoms with E-state index < -0.39 is 0 Å². The van der Waals surface area contributed by atoms with E-state index in [9.17, 15) is 4.79 Å². The number of hydrogen-bond donors (Lipinski definition) is 3. The van der Waals surface area contributed by atoms with Crippen LogP contribution in [0.1, 0.15) is 21.5 Å². The smallest absolute Gasteiger partial charge is 0.255 e. The zero-order valence-electron chi connectivity index (χ0n) is 14.8. The SMILES string of the molecule is NC(N)=N/N=C(\c1ccccc1)c1cc(Cl)ccc1NC(=O)c1ccccc1. The zero-order valence-corrected chi connectivity index (χ0v) is 15.6. The highest BCUT2D eigenvalue weighted by Crippen LogP contribution is 2.25. The van der Waals surface area contributed by atoms with Crippen molar-refractivity contribution in [3.8, 4) is 0 Å². The molecule has 0 saturated carbocycles. The van der Waals surface area contributed by atoms with Gasteiger partial charge in [0.15, 0.2) is 0 Å². The maximum absolute atomic E-state index is 12.6. The van der Waals surface area contributed by atoms with Crippen LogP contribution >= 0.6 is 11.6 Å². The summed E-state index contributed by atoms with van der Waals surface area (Å²) >= 11 is 6.21. The number of benzene rings is 3. The highest BCUT2D eigenvalue weighted by molar-refractivity contribution is 6.31. The van der Waals surface area contributed by atoms with E-state index in [0.717, 1.165) is 5.56 Å². The number of amides is 1. The Kier molecular flexibility index (Phi) is 6.04. The third-order valence-corrected chi connectivity index (χ3v) is 4.07. The average Bonchev–Trinajstić information content (AvgIpc) is 2.71. The lowest BCUT2D eigenvalue weighted by Gasteiger charge is -2.14. The van der Waals surface area contributed by atoms with Crippen LogP contribution in [0, 0.1) is 0 Å². The summed E-state index contributed by atoms with van der Waals surface area (Å²) in [5.41, 5.74) is 13.8.